The summed E-state index contributed by atoms with van der Waals surface area (Å²) in [7, 11) is 0. The lowest BCUT2D eigenvalue weighted by Gasteiger charge is -2.17. The average molecular weight is 235 g/mol. The summed E-state index contributed by atoms with van der Waals surface area (Å²) in [5, 5.41) is 0. The van der Waals surface area contributed by atoms with Gasteiger partial charge in [0.2, 0.25) is 0 Å². The first-order valence-electron chi connectivity index (χ1n) is 6.39. The standard InChI is InChI=1S/C14H21NO2/c1-2-16-12-6-3-5-11(9-12)14(15)10-13-7-4-8-17-13/h3,5-6,9,13-14H,2,4,7-8,10,15H2,1H3. The second-order valence-electron chi connectivity index (χ2n) is 4.48. The summed E-state index contributed by atoms with van der Waals surface area (Å²) >= 11 is 0. The van der Waals surface area contributed by atoms with Crippen LogP contribution in [0.15, 0.2) is 24.3 Å². The largest absolute Gasteiger partial charge is 0.494 e. The highest BCUT2D eigenvalue weighted by molar-refractivity contribution is 5.30. The Hall–Kier alpha value is -1.06. The van der Waals surface area contributed by atoms with Crippen LogP contribution in [-0.4, -0.2) is 19.3 Å². The van der Waals surface area contributed by atoms with E-state index in [0.29, 0.717) is 12.7 Å². The fourth-order valence-electron chi connectivity index (χ4n) is 2.25. The average Bonchev–Trinajstić information content (AvgIpc) is 2.83. The van der Waals surface area contributed by atoms with Gasteiger partial charge in [-0.05, 0) is 43.9 Å². The molecule has 2 atom stereocenters. The molecule has 1 saturated heterocycles. The van der Waals surface area contributed by atoms with Gasteiger partial charge in [-0.15, -0.1) is 0 Å². The first-order chi connectivity index (χ1) is 8.29. The van der Waals surface area contributed by atoms with Crippen LogP contribution in [-0.2, 0) is 4.74 Å². The maximum Gasteiger partial charge on any atom is 0.119 e. The molecule has 17 heavy (non-hydrogen) atoms. The molecule has 2 unspecified atom stereocenters. The van der Waals surface area contributed by atoms with Crippen LogP contribution >= 0.6 is 0 Å². The molecule has 0 saturated carbocycles. The molecule has 1 aliphatic rings. The second kappa shape index (κ2) is 6.03. The van der Waals surface area contributed by atoms with Gasteiger partial charge in [-0.1, -0.05) is 12.1 Å². The molecule has 0 bridgehead atoms. The van der Waals surface area contributed by atoms with Gasteiger partial charge < -0.3 is 15.2 Å². The molecule has 94 valence electrons. The Morgan fingerprint density at radius 1 is 1.53 bits per heavy atom. The van der Waals surface area contributed by atoms with E-state index in [0.717, 1.165) is 37.2 Å². The van der Waals surface area contributed by atoms with Gasteiger partial charge in [-0.3, -0.25) is 0 Å². The van der Waals surface area contributed by atoms with E-state index >= 15 is 0 Å². The Morgan fingerprint density at radius 2 is 2.41 bits per heavy atom. The summed E-state index contributed by atoms with van der Waals surface area (Å²) in [6, 6.07) is 8.09. The summed E-state index contributed by atoms with van der Waals surface area (Å²) in [5.74, 6) is 0.896. The molecule has 1 fully saturated rings. The highest BCUT2D eigenvalue weighted by Crippen LogP contribution is 2.25. The van der Waals surface area contributed by atoms with Crippen LogP contribution in [0.2, 0.25) is 0 Å². The molecule has 0 aromatic heterocycles. The van der Waals surface area contributed by atoms with E-state index in [-0.39, 0.29) is 6.04 Å². The third-order valence-corrected chi connectivity index (χ3v) is 3.14. The summed E-state index contributed by atoms with van der Waals surface area (Å²) < 4.78 is 11.1. The third-order valence-electron chi connectivity index (χ3n) is 3.14. The van der Waals surface area contributed by atoms with E-state index in [1.54, 1.807) is 0 Å². The van der Waals surface area contributed by atoms with Crippen molar-refractivity contribution >= 4 is 0 Å². The van der Waals surface area contributed by atoms with Crippen LogP contribution in [0.3, 0.4) is 0 Å². The summed E-state index contributed by atoms with van der Waals surface area (Å²) in [6.45, 7) is 3.56. The molecule has 2 N–H and O–H groups in total. The van der Waals surface area contributed by atoms with Gasteiger partial charge in [0.1, 0.15) is 5.75 Å². The Labute approximate surface area is 103 Å². The van der Waals surface area contributed by atoms with Crippen molar-refractivity contribution in [2.24, 2.45) is 5.73 Å². The van der Waals surface area contributed by atoms with Crippen LogP contribution in [0.1, 0.15) is 37.8 Å². The van der Waals surface area contributed by atoms with Crippen molar-refractivity contribution in [1.82, 2.24) is 0 Å². The third kappa shape index (κ3) is 3.45. The van der Waals surface area contributed by atoms with Crippen molar-refractivity contribution in [3.8, 4) is 5.75 Å². The number of rotatable bonds is 5. The number of benzene rings is 1. The molecule has 0 spiro atoms. The Balaban J connectivity index is 1.97. The van der Waals surface area contributed by atoms with Crippen LogP contribution < -0.4 is 10.5 Å². The monoisotopic (exact) mass is 235 g/mol. The minimum atomic E-state index is 0.0403. The highest BCUT2D eigenvalue weighted by Gasteiger charge is 2.19. The van der Waals surface area contributed by atoms with Gasteiger partial charge in [0.05, 0.1) is 12.7 Å². The lowest BCUT2D eigenvalue weighted by atomic mass is 10.00. The number of hydrogen-bond acceptors (Lipinski definition) is 3. The van der Waals surface area contributed by atoms with Crippen LogP contribution in [0, 0.1) is 0 Å². The van der Waals surface area contributed by atoms with Crippen LogP contribution in [0.25, 0.3) is 0 Å². The maximum atomic E-state index is 6.20. The Morgan fingerprint density at radius 3 is 3.12 bits per heavy atom. The van der Waals surface area contributed by atoms with Gasteiger partial charge >= 0.3 is 0 Å². The van der Waals surface area contributed by atoms with E-state index in [1.807, 2.05) is 25.1 Å². The first kappa shape index (κ1) is 12.4. The molecule has 1 heterocycles. The van der Waals surface area contributed by atoms with E-state index in [1.165, 1.54) is 0 Å². The van der Waals surface area contributed by atoms with E-state index in [2.05, 4.69) is 6.07 Å². The normalized spacial score (nSPS) is 21.4. The van der Waals surface area contributed by atoms with E-state index in [4.69, 9.17) is 15.2 Å². The lowest BCUT2D eigenvalue weighted by Crippen LogP contribution is -2.18. The van der Waals surface area contributed by atoms with Crippen molar-refractivity contribution < 1.29 is 9.47 Å². The minimum Gasteiger partial charge on any atom is -0.494 e. The fraction of sp³-hybridized carbons (Fsp3) is 0.571. The molecule has 1 aliphatic heterocycles. The van der Waals surface area contributed by atoms with Crippen LogP contribution in [0.4, 0.5) is 0 Å². The molecule has 3 heteroatoms. The molecule has 2 rings (SSSR count). The Bertz CT molecular complexity index is 348. The highest BCUT2D eigenvalue weighted by atomic mass is 16.5. The zero-order valence-corrected chi connectivity index (χ0v) is 10.4. The molecule has 1 aromatic rings. The molecule has 0 radical (unpaired) electrons. The molecular formula is C14H21NO2. The summed E-state index contributed by atoms with van der Waals surface area (Å²) in [5.41, 5.74) is 7.34. The molecular weight excluding hydrogens is 214 g/mol. The maximum absolute atomic E-state index is 6.20. The first-order valence-corrected chi connectivity index (χ1v) is 6.39. The number of hydrogen-bond donors (Lipinski definition) is 1. The van der Waals surface area contributed by atoms with Crippen molar-refractivity contribution in [3.63, 3.8) is 0 Å². The topological polar surface area (TPSA) is 44.5 Å². The lowest BCUT2D eigenvalue weighted by molar-refractivity contribution is 0.0983. The van der Waals surface area contributed by atoms with Crippen molar-refractivity contribution in [1.29, 1.82) is 0 Å². The fourth-order valence-corrected chi connectivity index (χ4v) is 2.25. The van der Waals surface area contributed by atoms with Crippen molar-refractivity contribution in [3.05, 3.63) is 29.8 Å². The summed E-state index contributed by atoms with van der Waals surface area (Å²) in [4.78, 5) is 0. The van der Waals surface area contributed by atoms with Gasteiger partial charge in [-0.2, -0.15) is 0 Å². The smallest absolute Gasteiger partial charge is 0.119 e. The van der Waals surface area contributed by atoms with Crippen molar-refractivity contribution in [2.75, 3.05) is 13.2 Å². The predicted octanol–water partition coefficient (Wildman–Crippen LogP) is 2.65. The van der Waals surface area contributed by atoms with Crippen LogP contribution in [0.5, 0.6) is 5.75 Å². The number of ether oxygens (including phenoxy) is 2. The minimum absolute atomic E-state index is 0.0403. The Kier molecular flexibility index (Phi) is 4.40. The zero-order valence-electron chi connectivity index (χ0n) is 10.4. The molecule has 0 amide bonds. The number of nitrogens with two attached hydrogens (primary N) is 1. The molecule has 3 nitrogen and oxygen atoms in total. The second-order valence-corrected chi connectivity index (χ2v) is 4.48. The SMILES string of the molecule is CCOc1cccc(C(N)CC2CCCO2)c1. The zero-order chi connectivity index (χ0) is 12.1. The predicted molar refractivity (Wildman–Crippen MR) is 68.1 cm³/mol. The van der Waals surface area contributed by atoms with Gasteiger partial charge in [0.25, 0.3) is 0 Å². The van der Waals surface area contributed by atoms with E-state index in [9.17, 15) is 0 Å². The van der Waals surface area contributed by atoms with Gasteiger partial charge in [0.15, 0.2) is 0 Å². The van der Waals surface area contributed by atoms with E-state index < -0.39 is 0 Å². The molecule has 0 aliphatic carbocycles. The quantitative estimate of drug-likeness (QED) is 0.853. The van der Waals surface area contributed by atoms with Gasteiger partial charge in [0, 0.05) is 12.6 Å². The summed E-state index contributed by atoms with van der Waals surface area (Å²) in [6.07, 6.45) is 3.53. The van der Waals surface area contributed by atoms with Gasteiger partial charge in [-0.25, -0.2) is 0 Å². The molecule has 1 aromatic carbocycles. The van der Waals surface area contributed by atoms with Crippen molar-refractivity contribution in [2.45, 2.75) is 38.3 Å².